The van der Waals surface area contributed by atoms with E-state index >= 15 is 0 Å². The Bertz CT molecular complexity index is 508. The van der Waals surface area contributed by atoms with Crippen molar-refractivity contribution in [2.24, 2.45) is 17.8 Å². The van der Waals surface area contributed by atoms with E-state index in [2.05, 4.69) is 19.0 Å². The van der Waals surface area contributed by atoms with Gasteiger partial charge in [0.15, 0.2) is 0 Å². The molecule has 3 nitrogen and oxygen atoms in total. The fourth-order valence-electron chi connectivity index (χ4n) is 4.68. The van der Waals surface area contributed by atoms with Gasteiger partial charge in [-0.3, -0.25) is 0 Å². The SMILES string of the molecule is Cc1cc(O)cc([C@@]2(O)C[C@@H]3CC[C@@H](C3)[C@@H]2CN(C)C)c1. The summed E-state index contributed by atoms with van der Waals surface area (Å²) in [6.07, 6.45) is 4.58. The summed E-state index contributed by atoms with van der Waals surface area (Å²) in [5.74, 6) is 1.77. The van der Waals surface area contributed by atoms with E-state index in [1.807, 2.05) is 13.0 Å². The second kappa shape index (κ2) is 5.29. The van der Waals surface area contributed by atoms with Crippen molar-refractivity contribution in [2.45, 2.75) is 38.2 Å². The van der Waals surface area contributed by atoms with Crippen molar-refractivity contribution in [3.05, 3.63) is 29.3 Å². The summed E-state index contributed by atoms with van der Waals surface area (Å²) in [4.78, 5) is 2.18. The average Bonchev–Trinajstić information content (AvgIpc) is 2.77. The summed E-state index contributed by atoms with van der Waals surface area (Å²) >= 11 is 0. The molecule has 2 aliphatic carbocycles. The molecule has 2 bridgehead atoms. The number of rotatable bonds is 3. The van der Waals surface area contributed by atoms with Crippen molar-refractivity contribution in [3.63, 3.8) is 0 Å². The molecule has 0 radical (unpaired) electrons. The molecule has 0 spiro atoms. The molecular formula is C18H27NO2. The number of phenols is 1. The third kappa shape index (κ3) is 2.69. The van der Waals surface area contributed by atoms with Crippen LogP contribution in [-0.2, 0) is 5.60 Å². The van der Waals surface area contributed by atoms with Crippen LogP contribution in [0.4, 0.5) is 0 Å². The van der Waals surface area contributed by atoms with E-state index in [0.717, 1.165) is 24.1 Å². The Balaban J connectivity index is 2.02. The predicted octanol–water partition coefficient (Wildman–Crippen LogP) is 2.89. The van der Waals surface area contributed by atoms with E-state index in [-0.39, 0.29) is 11.7 Å². The number of nitrogens with zero attached hydrogens (tertiary/aromatic N) is 1. The van der Waals surface area contributed by atoms with Crippen molar-refractivity contribution in [1.29, 1.82) is 0 Å². The molecule has 3 rings (SSSR count). The minimum absolute atomic E-state index is 0.257. The molecule has 3 heteroatoms. The minimum Gasteiger partial charge on any atom is -0.508 e. The highest BCUT2D eigenvalue weighted by Gasteiger charge is 2.51. The van der Waals surface area contributed by atoms with Crippen LogP contribution in [0, 0.1) is 24.7 Å². The summed E-state index contributed by atoms with van der Waals surface area (Å²) in [6.45, 7) is 2.88. The van der Waals surface area contributed by atoms with Gasteiger partial charge in [0.2, 0.25) is 0 Å². The van der Waals surface area contributed by atoms with Gasteiger partial charge in [0, 0.05) is 12.5 Å². The Hall–Kier alpha value is -1.06. The molecule has 2 saturated carbocycles. The van der Waals surface area contributed by atoms with Crippen molar-refractivity contribution >= 4 is 0 Å². The van der Waals surface area contributed by atoms with Crippen LogP contribution >= 0.6 is 0 Å². The van der Waals surface area contributed by atoms with Crippen LogP contribution in [0.15, 0.2) is 18.2 Å². The van der Waals surface area contributed by atoms with Gasteiger partial charge < -0.3 is 15.1 Å². The van der Waals surface area contributed by atoms with Crippen molar-refractivity contribution in [1.82, 2.24) is 4.90 Å². The van der Waals surface area contributed by atoms with Gasteiger partial charge in [0.05, 0.1) is 5.60 Å². The molecule has 0 unspecified atom stereocenters. The van der Waals surface area contributed by atoms with Gasteiger partial charge in [0.1, 0.15) is 5.75 Å². The lowest BCUT2D eigenvalue weighted by Crippen LogP contribution is -2.47. The number of hydrogen-bond donors (Lipinski definition) is 2. The van der Waals surface area contributed by atoms with Crippen LogP contribution in [0.5, 0.6) is 5.75 Å². The lowest BCUT2D eigenvalue weighted by molar-refractivity contribution is -0.0892. The Kier molecular flexibility index (Phi) is 3.74. The van der Waals surface area contributed by atoms with Gasteiger partial charge in [-0.2, -0.15) is 0 Å². The molecule has 0 aromatic heterocycles. The van der Waals surface area contributed by atoms with Crippen LogP contribution in [0.25, 0.3) is 0 Å². The first-order valence-electron chi connectivity index (χ1n) is 8.06. The molecular weight excluding hydrogens is 262 g/mol. The summed E-state index contributed by atoms with van der Waals surface area (Å²) in [5, 5.41) is 21.5. The van der Waals surface area contributed by atoms with E-state index in [0.29, 0.717) is 11.8 Å². The van der Waals surface area contributed by atoms with Crippen LogP contribution in [-0.4, -0.2) is 35.8 Å². The summed E-state index contributed by atoms with van der Waals surface area (Å²) in [7, 11) is 4.16. The highest BCUT2D eigenvalue weighted by molar-refractivity contribution is 5.37. The molecule has 0 saturated heterocycles. The summed E-state index contributed by atoms with van der Waals surface area (Å²) in [6, 6.07) is 5.57. The first-order valence-corrected chi connectivity index (χ1v) is 8.06. The number of aliphatic hydroxyl groups is 1. The Morgan fingerprint density at radius 2 is 2.00 bits per heavy atom. The normalized spacial score (nSPS) is 35.4. The van der Waals surface area contributed by atoms with Crippen LogP contribution in [0.3, 0.4) is 0 Å². The first kappa shape index (κ1) is 14.9. The van der Waals surface area contributed by atoms with E-state index in [9.17, 15) is 10.2 Å². The van der Waals surface area contributed by atoms with Crippen molar-refractivity contribution < 1.29 is 10.2 Å². The number of aromatic hydroxyl groups is 1. The molecule has 0 aliphatic heterocycles. The topological polar surface area (TPSA) is 43.7 Å². The zero-order valence-electron chi connectivity index (χ0n) is 13.3. The fourth-order valence-corrected chi connectivity index (χ4v) is 4.68. The Morgan fingerprint density at radius 3 is 2.67 bits per heavy atom. The molecule has 0 heterocycles. The zero-order valence-corrected chi connectivity index (χ0v) is 13.3. The highest BCUT2D eigenvalue weighted by Crippen LogP contribution is 2.54. The number of hydrogen-bond acceptors (Lipinski definition) is 3. The number of aryl methyl sites for hydroxylation is 1. The molecule has 1 aromatic rings. The minimum atomic E-state index is -0.794. The van der Waals surface area contributed by atoms with Gasteiger partial charge in [-0.15, -0.1) is 0 Å². The molecule has 2 N–H and O–H groups in total. The maximum atomic E-state index is 11.5. The second-order valence-electron chi connectivity index (χ2n) is 7.49. The van der Waals surface area contributed by atoms with Crippen LogP contribution in [0.2, 0.25) is 0 Å². The fraction of sp³-hybridized carbons (Fsp3) is 0.667. The molecule has 4 atom stereocenters. The first-order chi connectivity index (χ1) is 9.88. The quantitative estimate of drug-likeness (QED) is 0.899. The number of phenolic OH excluding ortho intramolecular Hbond substituents is 1. The standard InChI is InChI=1S/C18H27NO2/c1-12-6-15(9-16(20)7-12)18(21)10-13-4-5-14(8-13)17(18)11-19(2)3/h6-7,9,13-14,17,20-21H,4-5,8,10-11H2,1-3H3/t13-,14+,17+,18+/m1/s1. The van der Waals surface area contributed by atoms with Gasteiger partial charge in [-0.25, -0.2) is 0 Å². The number of benzene rings is 1. The van der Waals surface area contributed by atoms with E-state index in [1.54, 1.807) is 12.1 Å². The third-order valence-electron chi connectivity index (χ3n) is 5.49. The lowest BCUT2D eigenvalue weighted by atomic mass is 9.65. The second-order valence-corrected chi connectivity index (χ2v) is 7.49. The van der Waals surface area contributed by atoms with E-state index in [1.165, 1.54) is 19.3 Å². The summed E-state index contributed by atoms with van der Waals surface area (Å²) < 4.78 is 0. The van der Waals surface area contributed by atoms with Gasteiger partial charge in [0.25, 0.3) is 0 Å². The molecule has 21 heavy (non-hydrogen) atoms. The smallest absolute Gasteiger partial charge is 0.116 e. The Morgan fingerprint density at radius 1 is 1.24 bits per heavy atom. The average molecular weight is 289 g/mol. The van der Waals surface area contributed by atoms with E-state index in [4.69, 9.17) is 0 Å². The Labute approximate surface area is 127 Å². The molecule has 0 amide bonds. The maximum absolute atomic E-state index is 11.5. The van der Waals surface area contributed by atoms with E-state index < -0.39 is 5.60 Å². The predicted molar refractivity (Wildman–Crippen MR) is 84.2 cm³/mol. The third-order valence-corrected chi connectivity index (χ3v) is 5.49. The van der Waals surface area contributed by atoms with Gasteiger partial charge in [-0.1, -0.05) is 12.5 Å². The van der Waals surface area contributed by atoms with Crippen molar-refractivity contribution in [3.8, 4) is 5.75 Å². The molecule has 116 valence electrons. The molecule has 2 fully saturated rings. The largest absolute Gasteiger partial charge is 0.508 e. The van der Waals surface area contributed by atoms with Crippen LogP contribution in [0.1, 0.15) is 36.8 Å². The maximum Gasteiger partial charge on any atom is 0.116 e. The van der Waals surface area contributed by atoms with Crippen LogP contribution < -0.4 is 0 Å². The highest BCUT2D eigenvalue weighted by atomic mass is 16.3. The molecule has 2 aliphatic rings. The lowest BCUT2D eigenvalue weighted by Gasteiger charge is -2.45. The zero-order chi connectivity index (χ0) is 15.2. The van der Waals surface area contributed by atoms with Gasteiger partial charge in [-0.05, 0) is 75.4 Å². The molecule has 1 aromatic carbocycles. The van der Waals surface area contributed by atoms with Gasteiger partial charge >= 0.3 is 0 Å². The summed E-state index contributed by atoms with van der Waals surface area (Å²) in [5.41, 5.74) is 1.13. The van der Waals surface area contributed by atoms with Crippen molar-refractivity contribution in [2.75, 3.05) is 20.6 Å². The number of fused-ring (bicyclic) bond motifs is 2. The monoisotopic (exact) mass is 289 g/mol.